The third-order valence-corrected chi connectivity index (χ3v) is 4.56. The van der Waals surface area contributed by atoms with Crippen molar-refractivity contribution in [2.75, 3.05) is 5.32 Å². The fourth-order valence-corrected chi connectivity index (χ4v) is 2.97. The Morgan fingerprint density at radius 3 is 2.33 bits per heavy atom. The maximum Gasteiger partial charge on any atom is 0.282 e. The SMILES string of the molecule is CC(C)[C@@H]([NH2+][C@@H](C)C(=O)Nc1cc(Cl)ccc1Cl)c1ccccc1. The lowest BCUT2D eigenvalue weighted by Gasteiger charge is -2.23. The molecule has 2 atom stereocenters. The van der Waals surface area contributed by atoms with Gasteiger partial charge in [-0.2, -0.15) is 0 Å². The lowest BCUT2D eigenvalue weighted by molar-refractivity contribution is -0.718. The van der Waals surface area contributed by atoms with Crippen LogP contribution in [0.2, 0.25) is 10.0 Å². The Kier molecular flexibility index (Phi) is 6.67. The average Bonchev–Trinajstić information content (AvgIpc) is 2.56. The number of benzene rings is 2. The molecule has 3 N–H and O–H groups in total. The summed E-state index contributed by atoms with van der Waals surface area (Å²) in [7, 11) is 0. The molecule has 0 spiro atoms. The summed E-state index contributed by atoms with van der Waals surface area (Å²) in [6, 6.07) is 15.2. The van der Waals surface area contributed by atoms with Crippen molar-refractivity contribution in [1.29, 1.82) is 0 Å². The molecule has 0 unspecified atom stereocenters. The first kappa shape index (κ1) is 18.8. The number of quaternary nitrogens is 1. The summed E-state index contributed by atoms with van der Waals surface area (Å²) in [6.07, 6.45) is 0. The second-order valence-corrected chi connectivity index (χ2v) is 7.12. The van der Waals surface area contributed by atoms with Crippen LogP contribution in [0.15, 0.2) is 48.5 Å². The van der Waals surface area contributed by atoms with Crippen LogP contribution >= 0.6 is 23.2 Å². The summed E-state index contributed by atoms with van der Waals surface area (Å²) in [5.74, 6) is 0.304. The third-order valence-electron chi connectivity index (χ3n) is 4.00. The normalized spacial score (nSPS) is 13.6. The zero-order chi connectivity index (χ0) is 17.7. The number of rotatable bonds is 6. The second-order valence-electron chi connectivity index (χ2n) is 6.28. The number of anilines is 1. The number of hydrogen-bond acceptors (Lipinski definition) is 1. The predicted molar refractivity (Wildman–Crippen MR) is 101 cm³/mol. The van der Waals surface area contributed by atoms with Crippen molar-refractivity contribution in [1.82, 2.24) is 0 Å². The fourth-order valence-electron chi connectivity index (χ4n) is 2.63. The summed E-state index contributed by atoms with van der Waals surface area (Å²) < 4.78 is 0. The van der Waals surface area contributed by atoms with Gasteiger partial charge in [0, 0.05) is 16.5 Å². The molecule has 0 saturated carbocycles. The Bertz CT molecular complexity index is 689. The van der Waals surface area contributed by atoms with E-state index in [0.29, 0.717) is 21.7 Å². The van der Waals surface area contributed by atoms with Crippen molar-refractivity contribution in [2.24, 2.45) is 5.92 Å². The van der Waals surface area contributed by atoms with Crippen molar-refractivity contribution < 1.29 is 10.1 Å². The molecule has 0 radical (unpaired) electrons. The quantitative estimate of drug-likeness (QED) is 0.788. The Labute approximate surface area is 153 Å². The molecule has 5 heteroatoms. The van der Waals surface area contributed by atoms with E-state index in [-0.39, 0.29) is 18.0 Å². The van der Waals surface area contributed by atoms with Crippen LogP contribution in [0, 0.1) is 5.92 Å². The first-order chi connectivity index (χ1) is 11.4. The van der Waals surface area contributed by atoms with Gasteiger partial charge in [0.15, 0.2) is 6.04 Å². The Morgan fingerprint density at radius 2 is 1.71 bits per heavy atom. The molecule has 0 aliphatic rings. The van der Waals surface area contributed by atoms with Crippen LogP contribution in [0.1, 0.15) is 32.4 Å². The monoisotopic (exact) mass is 365 g/mol. The molecule has 0 aliphatic carbocycles. The molecular formula is C19H23Cl2N2O+. The van der Waals surface area contributed by atoms with E-state index in [2.05, 4.69) is 36.6 Å². The summed E-state index contributed by atoms with van der Waals surface area (Å²) in [5.41, 5.74) is 1.75. The molecule has 0 aliphatic heterocycles. The van der Waals surface area contributed by atoms with E-state index in [9.17, 15) is 4.79 Å². The minimum atomic E-state index is -0.257. The molecule has 0 heterocycles. The smallest absolute Gasteiger partial charge is 0.282 e. The van der Waals surface area contributed by atoms with E-state index in [1.165, 1.54) is 5.56 Å². The largest absolute Gasteiger partial charge is 0.330 e. The van der Waals surface area contributed by atoms with Gasteiger partial charge in [-0.05, 0) is 25.1 Å². The highest BCUT2D eigenvalue weighted by atomic mass is 35.5. The van der Waals surface area contributed by atoms with Crippen molar-refractivity contribution in [3.8, 4) is 0 Å². The first-order valence-electron chi connectivity index (χ1n) is 8.04. The Morgan fingerprint density at radius 1 is 1.04 bits per heavy atom. The van der Waals surface area contributed by atoms with Crippen LogP contribution in [-0.4, -0.2) is 11.9 Å². The van der Waals surface area contributed by atoms with Crippen molar-refractivity contribution in [3.05, 3.63) is 64.1 Å². The van der Waals surface area contributed by atoms with E-state index in [0.717, 1.165) is 0 Å². The Hall–Kier alpha value is -1.55. The number of carbonyl (C=O) groups is 1. The van der Waals surface area contributed by atoms with Crippen LogP contribution in [0.25, 0.3) is 0 Å². The highest BCUT2D eigenvalue weighted by Crippen LogP contribution is 2.25. The molecule has 2 rings (SSSR count). The number of nitrogens with one attached hydrogen (secondary N) is 1. The number of amides is 1. The minimum Gasteiger partial charge on any atom is -0.330 e. The molecule has 2 aromatic carbocycles. The van der Waals surface area contributed by atoms with Gasteiger partial charge in [0.05, 0.1) is 10.7 Å². The highest BCUT2D eigenvalue weighted by molar-refractivity contribution is 6.35. The van der Waals surface area contributed by atoms with Gasteiger partial charge >= 0.3 is 0 Å². The lowest BCUT2D eigenvalue weighted by atomic mass is 9.95. The van der Waals surface area contributed by atoms with Gasteiger partial charge in [0.25, 0.3) is 5.91 Å². The van der Waals surface area contributed by atoms with E-state index < -0.39 is 0 Å². The van der Waals surface area contributed by atoms with Crippen molar-refractivity contribution in [2.45, 2.75) is 32.9 Å². The third kappa shape index (κ3) is 4.97. The summed E-state index contributed by atoms with van der Waals surface area (Å²) >= 11 is 12.1. The van der Waals surface area contributed by atoms with E-state index in [4.69, 9.17) is 23.2 Å². The molecule has 3 nitrogen and oxygen atoms in total. The molecule has 0 bridgehead atoms. The molecule has 24 heavy (non-hydrogen) atoms. The summed E-state index contributed by atoms with van der Waals surface area (Å²) in [6.45, 7) is 6.21. The molecule has 0 fully saturated rings. The molecule has 128 valence electrons. The molecule has 2 aromatic rings. The fraction of sp³-hybridized carbons (Fsp3) is 0.316. The number of halogens is 2. The zero-order valence-electron chi connectivity index (χ0n) is 14.1. The number of hydrogen-bond donors (Lipinski definition) is 2. The number of carbonyl (C=O) groups excluding carboxylic acids is 1. The lowest BCUT2D eigenvalue weighted by Crippen LogP contribution is -2.93. The zero-order valence-corrected chi connectivity index (χ0v) is 15.6. The molecular weight excluding hydrogens is 343 g/mol. The highest BCUT2D eigenvalue weighted by Gasteiger charge is 2.26. The van der Waals surface area contributed by atoms with Crippen LogP contribution in [0.5, 0.6) is 0 Å². The van der Waals surface area contributed by atoms with Gasteiger partial charge < -0.3 is 10.6 Å². The maximum absolute atomic E-state index is 12.5. The van der Waals surface area contributed by atoms with E-state index in [1.807, 2.05) is 25.1 Å². The molecule has 1 amide bonds. The van der Waals surface area contributed by atoms with E-state index >= 15 is 0 Å². The Balaban J connectivity index is 2.08. The van der Waals surface area contributed by atoms with Gasteiger partial charge in [-0.15, -0.1) is 0 Å². The van der Waals surface area contributed by atoms with Gasteiger partial charge in [-0.25, -0.2) is 0 Å². The van der Waals surface area contributed by atoms with Crippen LogP contribution in [0.4, 0.5) is 5.69 Å². The maximum atomic E-state index is 12.5. The van der Waals surface area contributed by atoms with Gasteiger partial charge in [-0.3, -0.25) is 4.79 Å². The van der Waals surface area contributed by atoms with Gasteiger partial charge in [0.2, 0.25) is 0 Å². The standard InChI is InChI=1S/C19H22Cl2N2O/c1-12(2)18(14-7-5-4-6-8-14)22-13(3)19(24)23-17-11-15(20)9-10-16(17)21/h4-13,18,22H,1-3H3,(H,23,24)/p+1/t13-,18+/m0/s1. The van der Waals surface area contributed by atoms with E-state index in [1.54, 1.807) is 18.2 Å². The summed E-state index contributed by atoms with van der Waals surface area (Å²) in [4.78, 5) is 12.5. The van der Waals surface area contributed by atoms with Gasteiger partial charge in [0.1, 0.15) is 6.04 Å². The topological polar surface area (TPSA) is 45.7 Å². The molecule has 0 aromatic heterocycles. The average molecular weight is 366 g/mol. The molecule has 0 saturated heterocycles. The van der Waals surface area contributed by atoms with Crippen molar-refractivity contribution >= 4 is 34.8 Å². The van der Waals surface area contributed by atoms with Gasteiger partial charge in [-0.1, -0.05) is 67.4 Å². The van der Waals surface area contributed by atoms with Crippen molar-refractivity contribution in [3.63, 3.8) is 0 Å². The minimum absolute atomic E-state index is 0.0965. The summed E-state index contributed by atoms with van der Waals surface area (Å²) in [5, 5.41) is 5.96. The second kappa shape index (κ2) is 8.52. The predicted octanol–water partition coefficient (Wildman–Crippen LogP) is 4.28. The van der Waals surface area contributed by atoms with Crippen LogP contribution < -0.4 is 10.6 Å². The van der Waals surface area contributed by atoms with Crippen LogP contribution in [-0.2, 0) is 4.79 Å². The first-order valence-corrected chi connectivity index (χ1v) is 8.80. The number of nitrogens with two attached hydrogens (primary N) is 1. The van der Waals surface area contributed by atoms with Crippen LogP contribution in [0.3, 0.4) is 0 Å².